The molecule has 0 radical (unpaired) electrons. The van der Waals surface area contributed by atoms with Crippen LogP contribution in [0.2, 0.25) is 0 Å². The predicted molar refractivity (Wildman–Crippen MR) is 58.8 cm³/mol. The first-order chi connectivity index (χ1) is 7.16. The summed E-state index contributed by atoms with van der Waals surface area (Å²) in [5.41, 5.74) is 0. The van der Waals surface area contributed by atoms with Crippen molar-refractivity contribution in [2.24, 2.45) is 11.8 Å². The largest absolute Gasteiger partial charge is 0.316 e. The van der Waals surface area contributed by atoms with E-state index in [0.29, 0.717) is 16.9 Å². The summed E-state index contributed by atoms with van der Waals surface area (Å²) in [7, 11) is 0. The molecule has 1 amide bonds. The first-order valence-corrected chi connectivity index (χ1v) is 5.76. The van der Waals surface area contributed by atoms with Gasteiger partial charge in [-0.05, 0) is 19.4 Å². The van der Waals surface area contributed by atoms with Gasteiger partial charge in [0.2, 0.25) is 11.0 Å². The first kappa shape index (κ1) is 10.5. The second-order valence-electron chi connectivity index (χ2n) is 3.88. The maximum absolute atomic E-state index is 11.8. The third kappa shape index (κ3) is 2.32. The lowest BCUT2D eigenvalue weighted by Gasteiger charge is -2.11. The fourth-order valence-electron chi connectivity index (χ4n) is 1.71. The predicted octanol–water partition coefficient (Wildman–Crippen LogP) is 0.641. The number of nitrogens with one attached hydrogen (secondary N) is 2. The molecule has 2 atom stereocenters. The molecule has 2 unspecified atom stereocenters. The van der Waals surface area contributed by atoms with Gasteiger partial charge in [0.1, 0.15) is 5.82 Å². The molecule has 0 aliphatic carbocycles. The molecular weight excluding hydrogens is 212 g/mol. The minimum Gasteiger partial charge on any atom is -0.316 e. The van der Waals surface area contributed by atoms with Crippen LogP contribution in [-0.2, 0) is 4.79 Å². The molecular formula is C9H14N4OS. The van der Waals surface area contributed by atoms with Gasteiger partial charge in [-0.1, -0.05) is 6.92 Å². The van der Waals surface area contributed by atoms with Gasteiger partial charge in [-0.25, -0.2) is 4.98 Å². The van der Waals surface area contributed by atoms with Gasteiger partial charge in [0.05, 0.1) is 5.92 Å². The summed E-state index contributed by atoms with van der Waals surface area (Å²) in [5.74, 6) is 1.18. The van der Waals surface area contributed by atoms with Crippen LogP contribution in [0.5, 0.6) is 0 Å². The maximum Gasteiger partial charge on any atom is 0.230 e. The number of amides is 1. The van der Waals surface area contributed by atoms with Crippen LogP contribution in [0, 0.1) is 18.8 Å². The molecule has 1 aliphatic rings. The van der Waals surface area contributed by atoms with Crippen molar-refractivity contribution in [3.63, 3.8) is 0 Å². The van der Waals surface area contributed by atoms with E-state index in [-0.39, 0.29) is 11.8 Å². The molecule has 0 aromatic carbocycles. The van der Waals surface area contributed by atoms with Gasteiger partial charge >= 0.3 is 0 Å². The van der Waals surface area contributed by atoms with Crippen molar-refractivity contribution in [1.29, 1.82) is 0 Å². The Kier molecular flexibility index (Phi) is 2.97. The van der Waals surface area contributed by atoms with Crippen molar-refractivity contribution < 1.29 is 4.79 Å². The highest BCUT2D eigenvalue weighted by atomic mass is 32.1. The number of aryl methyl sites for hydroxylation is 1. The van der Waals surface area contributed by atoms with E-state index in [1.807, 2.05) is 6.92 Å². The molecule has 1 aliphatic heterocycles. The molecule has 15 heavy (non-hydrogen) atoms. The molecule has 2 rings (SSSR count). The van der Waals surface area contributed by atoms with Crippen LogP contribution < -0.4 is 10.6 Å². The zero-order chi connectivity index (χ0) is 10.8. The zero-order valence-electron chi connectivity index (χ0n) is 8.78. The van der Waals surface area contributed by atoms with Crippen molar-refractivity contribution in [2.75, 3.05) is 18.4 Å². The minimum atomic E-state index is 0.0450. The maximum atomic E-state index is 11.8. The quantitative estimate of drug-likeness (QED) is 0.776. The van der Waals surface area contributed by atoms with Gasteiger partial charge in [0, 0.05) is 18.1 Å². The SMILES string of the molecule is Cc1nsc(NC(=O)C2CNCC2C)n1. The Morgan fingerprint density at radius 1 is 1.60 bits per heavy atom. The van der Waals surface area contributed by atoms with Crippen LogP contribution in [0.4, 0.5) is 5.13 Å². The van der Waals surface area contributed by atoms with E-state index in [9.17, 15) is 4.79 Å². The van der Waals surface area contributed by atoms with Crippen LogP contribution >= 0.6 is 11.5 Å². The van der Waals surface area contributed by atoms with Crippen LogP contribution in [0.3, 0.4) is 0 Å². The smallest absolute Gasteiger partial charge is 0.230 e. The van der Waals surface area contributed by atoms with E-state index >= 15 is 0 Å². The zero-order valence-corrected chi connectivity index (χ0v) is 9.60. The summed E-state index contributed by atoms with van der Waals surface area (Å²) in [6, 6.07) is 0. The fourth-order valence-corrected chi connectivity index (χ4v) is 2.29. The Morgan fingerprint density at radius 2 is 2.40 bits per heavy atom. The molecule has 1 aromatic heterocycles. The number of hydrogen-bond donors (Lipinski definition) is 2. The summed E-state index contributed by atoms with van der Waals surface area (Å²) in [6.07, 6.45) is 0. The molecule has 6 heteroatoms. The Balaban J connectivity index is 1.97. The van der Waals surface area contributed by atoms with Gasteiger partial charge in [-0.15, -0.1) is 0 Å². The van der Waals surface area contributed by atoms with Crippen molar-refractivity contribution in [2.45, 2.75) is 13.8 Å². The van der Waals surface area contributed by atoms with E-state index in [0.717, 1.165) is 13.1 Å². The second kappa shape index (κ2) is 4.24. The lowest BCUT2D eigenvalue weighted by molar-refractivity contribution is -0.120. The van der Waals surface area contributed by atoms with Crippen LogP contribution in [0.1, 0.15) is 12.7 Å². The molecule has 0 bridgehead atoms. The van der Waals surface area contributed by atoms with E-state index in [1.54, 1.807) is 0 Å². The molecule has 1 saturated heterocycles. The number of aromatic nitrogens is 2. The summed E-state index contributed by atoms with van der Waals surface area (Å²) >= 11 is 1.22. The highest BCUT2D eigenvalue weighted by Crippen LogP contribution is 2.19. The second-order valence-corrected chi connectivity index (χ2v) is 4.63. The molecule has 1 fully saturated rings. The van der Waals surface area contributed by atoms with Crippen molar-refractivity contribution in [3.05, 3.63) is 5.82 Å². The Bertz CT molecular complexity index is 365. The van der Waals surface area contributed by atoms with Crippen molar-refractivity contribution in [3.8, 4) is 0 Å². The monoisotopic (exact) mass is 226 g/mol. The summed E-state index contributed by atoms with van der Waals surface area (Å²) in [6.45, 7) is 5.56. The van der Waals surface area contributed by atoms with Crippen LogP contribution in [-0.4, -0.2) is 28.4 Å². The highest BCUT2D eigenvalue weighted by Gasteiger charge is 2.29. The number of nitrogens with zero attached hydrogens (tertiary/aromatic N) is 2. The fraction of sp³-hybridized carbons (Fsp3) is 0.667. The van der Waals surface area contributed by atoms with Crippen molar-refractivity contribution in [1.82, 2.24) is 14.7 Å². The van der Waals surface area contributed by atoms with E-state index in [4.69, 9.17) is 0 Å². The van der Waals surface area contributed by atoms with Crippen molar-refractivity contribution >= 4 is 22.6 Å². The molecule has 5 nitrogen and oxygen atoms in total. The average molecular weight is 226 g/mol. The molecule has 2 N–H and O–H groups in total. The lowest BCUT2D eigenvalue weighted by Crippen LogP contribution is -2.27. The summed E-state index contributed by atoms with van der Waals surface area (Å²) < 4.78 is 4.02. The number of carbonyl (C=O) groups is 1. The van der Waals surface area contributed by atoms with Gasteiger partial charge < -0.3 is 10.6 Å². The minimum absolute atomic E-state index is 0.0450. The molecule has 0 spiro atoms. The molecule has 2 heterocycles. The number of carbonyl (C=O) groups excluding carboxylic acids is 1. The number of hydrogen-bond acceptors (Lipinski definition) is 5. The Morgan fingerprint density at radius 3 is 2.93 bits per heavy atom. The molecule has 1 aromatic rings. The highest BCUT2D eigenvalue weighted by molar-refractivity contribution is 7.09. The normalized spacial score (nSPS) is 25.5. The third-order valence-electron chi connectivity index (χ3n) is 2.61. The number of rotatable bonds is 2. The van der Waals surface area contributed by atoms with Crippen LogP contribution in [0.25, 0.3) is 0 Å². The topological polar surface area (TPSA) is 66.9 Å². The van der Waals surface area contributed by atoms with E-state index in [1.165, 1.54) is 11.5 Å². The van der Waals surface area contributed by atoms with Gasteiger partial charge in [-0.3, -0.25) is 4.79 Å². The lowest BCUT2D eigenvalue weighted by atomic mass is 9.97. The standard InChI is InChI=1S/C9H14N4OS/c1-5-3-10-4-7(5)8(14)12-9-11-6(2)13-15-9/h5,7,10H,3-4H2,1-2H3,(H,11,12,13,14). The van der Waals surface area contributed by atoms with Gasteiger partial charge in [0.15, 0.2) is 0 Å². The Hall–Kier alpha value is -1.01. The van der Waals surface area contributed by atoms with Crippen LogP contribution in [0.15, 0.2) is 0 Å². The first-order valence-electron chi connectivity index (χ1n) is 4.98. The van der Waals surface area contributed by atoms with Gasteiger partial charge in [0.25, 0.3) is 0 Å². The van der Waals surface area contributed by atoms with E-state index in [2.05, 4.69) is 26.9 Å². The van der Waals surface area contributed by atoms with E-state index < -0.39 is 0 Å². The molecule has 0 saturated carbocycles. The molecule has 82 valence electrons. The van der Waals surface area contributed by atoms with Gasteiger partial charge in [-0.2, -0.15) is 4.37 Å². The summed E-state index contributed by atoms with van der Waals surface area (Å²) in [4.78, 5) is 15.9. The Labute approximate surface area is 92.5 Å². The number of anilines is 1. The average Bonchev–Trinajstić information content (AvgIpc) is 2.75. The third-order valence-corrected chi connectivity index (χ3v) is 3.33. The summed E-state index contributed by atoms with van der Waals surface area (Å²) in [5, 5.41) is 6.60.